The lowest BCUT2D eigenvalue weighted by atomic mass is 10.1. The van der Waals surface area contributed by atoms with E-state index in [0.717, 1.165) is 10.9 Å². The summed E-state index contributed by atoms with van der Waals surface area (Å²) < 4.78 is 5.26. The number of esters is 1. The van der Waals surface area contributed by atoms with Crippen LogP contribution in [0.3, 0.4) is 0 Å². The third kappa shape index (κ3) is 3.52. The highest BCUT2D eigenvalue weighted by Gasteiger charge is 2.25. The molecule has 1 unspecified atom stereocenters. The second-order valence-electron chi connectivity index (χ2n) is 5.21. The first-order valence-corrected chi connectivity index (χ1v) is 8.99. The number of halogens is 1. The molecule has 25 heavy (non-hydrogen) atoms. The van der Waals surface area contributed by atoms with Crippen LogP contribution in [0.5, 0.6) is 0 Å². The Morgan fingerprint density at radius 3 is 2.84 bits per heavy atom. The Hall–Kier alpha value is -2.38. The summed E-state index contributed by atoms with van der Waals surface area (Å²) in [5, 5.41) is 1.25. The van der Waals surface area contributed by atoms with E-state index in [1.807, 2.05) is 24.3 Å². The van der Waals surface area contributed by atoms with Crippen molar-refractivity contribution >= 4 is 46.0 Å². The SMILES string of the molecule is CSc1ncc(Cl)c(C(=O)OC(C)C(=O)c2c[nH]c3ccccc23)n1. The number of hydrogen-bond acceptors (Lipinski definition) is 6. The molecule has 0 bridgehead atoms. The molecule has 3 rings (SSSR count). The van der Waals surface area contributed by atoms with Crippen molar-refractivity contribution in [2.75, 3.05) is 6.26 Å². The van der Waals surface area contributed by atoms with Gasteiger partial charge in [0, 0.05) is 22.7 Å². The fourth-order valence-corrected chi connectivity index (χ4v) is 2.87. The first-order chi connectivity index (χ1) is 12.0. The summed E-state index contributed by atoms with van der Waals surface area (Å²) in [4.78, 5) is 36.0. The van der Waals surface area contributed by atoms with Crippen molar-refractivity contribution < 1.29 is 14.3 Å². The number of Topliss-reactive ketones (excluding diaryl/α,β-unsaturated/α-hetero) is 1. The zero-order valence-corrected chi connectivity index (χ0v) is 15.0. The third-order valence-corrected chi connectivity index (χ3v) is 4.44. The molecule has 2 heterocycles. The Balaban J connectivity index is 1.81. The molecule has 0 aliphatic heterocycles. The number of para-hydroxylation sites is 1. The fraction of sp³-hybridized carbons (Fsp3) is 0.176. The molecule has 0 saturated carbocycles. The maximum atomic E-state index is 12.6. The molecule has 128 valence electrons. The maximum Gasteiger partial charge on any atom is 0.359 e. The molecule has 0 spiro atoms. The molecule has 6 nitrogen and oxygen atoms in total. The average Bonchev–Trinajstić information content (AvgIpc) is 3.05. The Morgan fingerprint density at radius 2 is 2.08 bits per heavy atom. The van der Waals surface area contributed by atoms with Gasteiger partial charge in [0.05, 0.1) is 11.2 Å². The Kier molecular flexibility index (Phi) is 5.06. The number of rotatable bonds is 5. The number of fused-ring (bicyclic) bond motifs is 1. The molecular formula is C17H14ClN3O3S. The number of nitrogens with zero attached hydrogens (tertiary/aromatic N) is 2. The Morgan fingerprint density at radius 1 is 1.32 bits per heavy atom. The molecule has 1 aromatic carbocycles. The van der Waals surface area contributed by atoms with Crippen LogP contribution in [0, 0.1) is 0 Å². The van der Waals surface area contributed by atoms with Crippen LogP contribution in [0.4, 0.5) is 0 Å². The number of benzene rings is 1. The number of thioether (sulfide) groups is 1. The molecule has 0 radical (unpaired) electrons. The van der Waals surface area contributed by atoms with E-state index in [2.05, 4.69) is 15.0 Å². The molecule has 0 amide bonds. The smallest absolute Gasteiger partial charge is 0.359 e. The number of aromatic nitrogens is 3. The molecule has 1 atom stereocenters. The van der Waals surface area contributed by atoms with E-state index in [4.69, 9.17) is 16.3 Å². The van der Waals surface area contributed by atoms with Crippen LogP contribution >= 0.6 is 23.4 Å². The van der Waals surface area contributed by atoms with Crippen LogP contribution in [0.2, 0.25) is 5.02 Å². The van der Waals surface area contributed by atoms with E-state index in [9.17, 15) is 9.59 Å². The van der Waals surface area contributed by atoms with Gasteiger partial charge in [-0.15, -0.1) is 0 Å². The number of carbonyl (C=O) groups is 2. The van der Waals surface area contributed by atoms with Crippen molar-refractivity contribution in [3.63, 3.8) is 0 Å². The first kappa shape index (κ1) is 17.4. The normalized spacial score (nSPS) is 12.1. The minimum Gasteiger partial charge on any atom is -0.449 e. The zero-order chi connectivity index (χ0) is 18.0. The van der Waals surface area contributed by atoms with Crippen LogP contribution in [-0.4, -0.2) is 39.1 Å². The lowest BCUT2D eigenvalue weighted by Crippen LogP contribution is -2.25. The predicted molar refractivity (Wildman–Crippen MR) is 96.3 cm³/mol. The minimum absolute atomic E-state index is 0.0559. The summed E-state index contributed by atoms with van der Waals surface area (Å²) in [5.41, 5.74) is 1.25. The standard InChI is InChI=1S/C17H14ClN3O3S/c1-9(15(22)11-7-19-13-6-4-3-5-10(11)13)24-16(23)14-12(18)8-20-17(21-14)25-2/h3-9,19H,1-2H3. The van der Waals surface area contributed by atoms with Crippen molar-refractivity contribution in [3.05, 3.63) is 52.9 Å². The van der Waals surface area contributed by atoms with Crippen LogP contribution < -0.4 is 0 Å². The average molecular weight is 376 g/mol. The van der Waals surface area contributed by atoms with E-state index in [0.29, 0.717) is 10.7 Å². The second-order valence-corrected chi connectivity index (χ2v) is 6.39. The molecule has 8 heteroatoms. The van der Waals surface area contributed by atoms with Crippen LogP contribution in [-0.2, 0) is 4.74 Å². The number of aromatic amines is 1. The number of ether oxygens (including phenoxy) is 1. The van der Waals surface area contributed by atoms with Gasteiger partial charge in [0.1, 0.15) is 0 Å². The van der Waals surface area contributed by atoms with Crippen molar-refractivity contribution in [2.45, 2.75) is 18.2 Å². The number of hydrogen-bond donors (Lipinski definition) is 1. The number of nitrogens with one attached hydrogen (secondary N) is 1. The van der Waals surface area contributed by atoms with Crippen molar-refractivity contribution in [1.82, 2.24) is 15.0 Å². The van der Waals surface area contributed by atoms with Crippen molar-refractivity contribution in [2.24, 2.45) is 0 Å². The summed E-state index contributed by atoms with van der Waals surface area (Å²) in [7, 11) is 0. The van der Waals surface area contributed by atoms with E-state index in [1.165, 1.54) is 24.9 Å². The zero-order valence-electron chi connectivity index (χ0n) is 13.4. The molecular weight excluding hydrogens is 362 g/mol. The summed E-state index contributed by atoms with van der Waals surface area (Å²) in [6.07, 6.45) is 3.75. The van der Waals surface area contributed by atoms with Gasteiger partial charge in [0.2, 0.25) is 5.78 Å². The lowest BCUT2D eigenvalue weighted by Gasteiger charge is -2.12. The Bertz CT molecular complexity index is 957. The van der Waals surface area contributed by atoms with E-state index < -0.39 is 12.1 Å². The molecule has 1 N–H and O–H groups in total. The van der Waals surface area contributed by atoms with Gasteiger partial charge in [-0.25, -0.2) is 14.8 Å². The quantitative estimate of drug-likeness (QED) is 0.316. The van der Waals surface area contributed by atoms with Crippen molar-refractivity contribution in [3.8, 4) is 0 Å². The molecule has 0 fully saturated rings. The molecule has 0 aliphatic rings. The third-order valence-electron chi connectivity index (χ3n) is 3.61. The second kappa shape index (κ2) is 7.25. The molecule has 0 aliphatic carbocycles. The summed E-state index contributed by atoms with van der Waals surface area (Å²) in [6.45, 7) is 1.52. The highest BCUT2D eigenvalue weighted by atomic mass is 35.5. The highest BCUT2D eigenvalue weighted by molar-refractivity contribution is 7.98. The van der Waals surface area contributed by atoms with Crippen molar-refractivity contribution in [1.29, 1.82) is 0 Å². The number of H-pyrrole nitrogens is 1. The van der Waals surface area contributed by atoms with Gasteiger partial charge >= 0.3 is 5.97 Å². The lowest BCUT2D eigenvalue weighted by molar-refractivity contribution is 0.0313. The fourth-order valence-electron chi connectivity index (χ4n) is 2.36. The van der Waals surface area contributed by atoms with E-state index >= 15 is 0 Å². The maximum absolute atomic E-state index is 12.6. The predicted octanol–water partition coefficient (Wildman–Crippen LogP) is 3.76. The summed E-state index contributed by atoms with van der Waals surface area (Å²) in [5.74, 6) is -1.07. The minimum atomic E-state index is -0.976. The topological polar surface area (TPSA) is 84.9 Å². The Labute approximate surface area is 153 Å². The summed E-state index contributed by atoms with van der Waals surface area (Å²) >= 11 is 7.24. The largest absolute Gasteiger partial charge is 0.449 e. The van der Waals surface area contributed by atoms with Gasteiger partial charge in [-0.1, -0.05) is 41.6 Å². The van der Waals surface area contributed by atoms with Gasteiger partial charge in [0.15, 0.2) is 17.0 Å². The molecule has 3 aromatic rings. The van der Waals surface area contributed by atoms with Crippen LogP contribution in [0.25, 0.3) is 10.9 Å². The first-order valence-electron chi connectivity index (χ1n) is 7.39. The number of carbonyl (C=O) groups excluding carboxylic acids is 2. The van der Waals surface area contributed by atoms with Gasteiger partial charge in [0.25, 0.3) is 0 Å². The van der Waals surface area contributed by atoms with Gasteiger partial charge in [-0.2, -0.15) is 0 Å². The van der Waals surface area contributed by atoms with E-state index in [-0.39, 0.29) is 16.5 Å². The van der Waals surface area contributed by atoms with Gasteiger partial charge in [-0.05, 0) is 19.2 Å². The van der Waals surface area contributed by atoms with Gasteiger partial charge in [-0.3, -0.25) is 4.79 Å². The highest BCUT2D eigenvalue weighted by Crippen LogP contribution is 2.21. The molecule has 2 aromatic heterocycles. The van der Waals surface area contributed by atoms with Crippen LogP contribution in [0.1, 0.15) is 27.8 Å². The number of ketones is 1. The van der Waals surface area contributed by atoms with E-state index in [1.54, 1.807) is 12.5 Å². The monoisotopic (exact) mass is 375 g/mol. The van der Waals surface area contributed by atoms with Crippen LogP contribution in [0.15, 0.2) is 41.8 Å². The van der Waals surface area contributed by atoms with Gasteiger partial charge < -0.3 is 9.72 Å². The summed E-state index contributed by atoms with van der Waals surface area (Å²) in [6, 6.07) is 7.41. The molecule has 0 saturated heterocycles.